The molecule has 6 nitrogen and oxygen atoms in total. The zero-order chi connectivity index (χ0) is 20.1. The molecule has 0 aliphatic heterocycles. The summed E-state index contributed by atoms with van der Waals surface area (Å²) in [4.78, 5) is 28.6. The Morgan fingerprint density at radius 1 is 1.04 bits per heavy atom. The van der Waals surface area contributed by atoms with Gasteiger partial charge in [-0.05, 0) is 42.8 Å². The van der Waals surface area contributed by atoms with E-state index >= 15 is 0 Å². The topological polar surface area (TPSA) is 80.3 Å². The minimum atomic E-state index is -0.527. The SMILES string of the molecule is COC(=O)c1ccccc1NC(=O)c1cncc(Nc2cc(Cl)ccc2C)c1. The highest BCUT2D eigenvalue weighted by molar-refractivity contribution is 6.30. The van der Waals surface area contributed by atoms with Crippen molar-refractivity contribution in [2.24, 2.45) is 0 Å². The van der Waals surface area contributed by atoms with E-state index in [1.165, 1.54) is 13.3 Å². The van der Waals surface area contributed by atoms with Crippen LogP contribution in [-0.4, -0.2) is 24.0 Å². The van der Waals surface area contributed by atoms with Gasteiger partial charge in [0.2, 0.25) is 0 Å². The molecule has 0 spiro atoms. The third-order valence-electron chi connectivity index (χ3n) is 4.06. The Balaban J connectivity index is 1.82. The van der Waals surface area contributed by atoms with Crippen molar-refractivity contribution < 1.29 is 14.3 Å². The molecule has 0 bridgehead atoms. The van der Waals surface area contributed by atoms with Crippen molar-refractivity contribution >= 4 is 40.5 Å². The maximum atomic E-state index is 12.7. The quantitative estimate of drug-likeness (QED) is 0.605. The van der Waals surface area contributed by atoms with Gasteiger partial charge < -0.3 is 15.4 Å². The van der Waals surface area contributed by atoms with Crippen LogP contribution in [0.4, 0.5) is 17.1 Å². The second kappa shape index (κ2) is 8.54. The fourth-order valence-electron chi connectivity index (χ4n) is 2.59. The number of anilines is 3. The largest absolute Gasteiger partial charge is 0.465 e. The van der Waals surface area contributed by atoms with Crippen LogP contribution in [0.1, 0.15) is 26.3 Å². The number of esters is 1. The van der Waals surface area contributed by atoms with Crippen molar-refractivity contribution in [1.82, 2.24) is 4.98 Å². The molecule has 0 unspecified atom stereocenters. The molecule has 142 valence electrons. The highest BCUT2D eigenvalue weighted by Gasteiger charge is 2.15. The number of aryl methyl sites for hydroxylation is 1. The number of rotatable bonds is 5. The summed E-state index contributed by atoms with van der Waals surface area (Å²) in [6.07, 6.45) is 3.06. The van der Waals surface area contributed by atoms with Crippen LogP contribution in [0.25, 0.3) is 0 Å². The highest BCUT2D eigenvalue weighted by atomic mass is 35.5. The molecule has 1 heterocycles. The van der Waals surface area contributed by atoms with E-state index in [2.05, 4.69) is 15.6 Å². The molecule has 0 saturated heterocycles. The van der Waals surface area contributed by atoms with Crippen LogP contribution in [0.3, 0.4) is 0 Å². The van der Waals surface area contributed by atoms with E-state index in [9.17, 15) is 9.59 Å². The molecule has 0 atom stereocenters. The predicted molar refractivity (Wildman–Crippen MR) is 109 cm³/mol. The van der Waals surface area contributed by atoms with E-state index in [-0.39, 0.29) is 5.56 Å². The molecule has 28 heavy (non-hydrogen) atoms. The number of amides is 1. The predicted octanol–water partition coefficient (Wildman–Crippen LogP) is 4.83. The molecule has 3 aromatic rings. The number of aromatic nitrogens is 1. The summed E-state index contributed by atoms with van der Waals surface area (Å²) in [6, 6.07) is 13.8. The standard InChI is InChI=1S/C21H18ClN3O3/c1-13-7-8-15(22)10-19(13)24-16-9-14(11-23-12-16)20(26)25-18-6-4-3-5-17(18)21(27)28-2/h3-12,24H,1-2H3,(H,25,26). The van der Waals surface area contributed by atoms with Gasteiger partial charge in [0.1, 0.15) is 0 Å². The first kappa shape index (κ1) is 19.4. The fraction of sp³-hybridized carbons (Fsp3) is 0.0952. The van der Waals surface area contributed by atoms with Crippen LogP contribution in [0.2, 0.25) is 5.02 Å². The highest BCUT2D eigenvalue weighted by Crippen LogP contribution is 2.24. The van der Waals surface area contributed by atoms with Gasteiger partial charge in [0, 0.05) is 16.9 Å². The molecular weight excluding hydrogens is 378 g/mol. The molecule has 0 aliphatic rings. The normalized spacial score (nSPS) is 10.2. The number of para-hydroxylation sites is 1. The summed E-state index contributed by atoms with van der Waals surface area (Å²) < 4.78 is 4.75. The number of nitrogens with zero attached hydrogens (tertiary/aromatic N) is 1. The Kier molecular flexibility index (Phi) is 5.91. The number of hydrogen-bond donors (Lipinski definition) is 2. The number of pyridine rings is 1. The number of hydrogen-bond acceptors (Lipinski definition) is 5. The van der Waals surface area contributed by atoms with E-state index in [1.54, 1.807) is 42.6 Å². The molecule has 0 radical (unpaired) electrons. The average molecular weight is 396 g/mol. The maximum absolute atomic E-state index is 12.7. The lowest BCUT2D eigenvalue weighted by Crippen LogP contribution is -2.15. The van der Waals surface area contributed by atoms with Crippen LogP contribution in [0.5, 0.6) is 0 Å². The summed E-state index contributed by atoms with van der Waals surface area (Å²) in [7, 11) is 1.29. The van der Waals surface area contributed by atoms with Crippen LogP contribution in [-0.2, 0) is 4.74 Å². The molecule has 3 rings (SSSR count). The van der Waals surface area contributed by atoms with E-state index in [1.807, 2.05) is 19.1 Å². The number of carbonyl (C=O) groups is 2. The van der Waals surface area contributed by atoms with E-state index in [0.29, 0.717) is 22.0 Å². The van der Waals surface area contributed by atoms with Crippen molar-refractivity contribution in [3.05, 3.63) is 82.6 Å². The number of halogens is 1. The number of nitrogens with one attached hydrogen (secondary N) is 2. The first-order valence-corrected chi connectivity index (χ1v) is 8.82. The molecule has 0 aliphatic carbocycles. The monoisotopic (exact) mass is 395 g/mol. The van der Waals surface area contributed by atoms with Gasteiger partial charge in [-0.1, -0.05) is 29.8 Å². The zero-order valence-electron chi connectivity index (χ0n) is 15.3. The molecule has 2 aromatic carbocycles. The molecule has 1 amide bonds. The van der Waals surface area contributed by atoms with Crippen LogP contribution in [0, 0.1) is 6.92 Å². The number of ether oxygens (including phenoxy) is 1. The smallest absolute Gasteiger partial charge is 0.339 e. The molecule has 0 saturated carbocycles. The Morgan fingerprint density at radius 3 is 2.61 bits per heavy atom. The summed E-state index contributed by atoms with van der Waals surface area (Å²) in [5.41, 5.74) is 3.44. The summed E-state index contributed by atoms with van der Waals surface area (Å²) in [5.74, 6) is -0.920. The molecular formula is C21H18ClN3O3. The van der Waals surface area contributed by atoms with Gasteiger partial charge in [0.25, 0.3) is 5.91 Å². The summed E-state index contributed by atoms with van der Waals surface area (Å²) >= 11 is 6.05. The number of carbonyl (C=O) groups excluding carboxylic acids is 2. The van der Waals surface area contributed by atoms with E-state index in [4.69, 9.17) is 16.3 Å². The van der Waals surface area contributed by atoms with Crippen molar-refractivity contribution in [2.45, 2.75) is 6.92 Å². The van der Waals surface area contributed by atoms with Gasteiger partial charge in [-0.15, -0.1) is 0 Å². The van der Waals surface area contributed by atoms with Gasteiger partial charge >= 0.3 is 5.97 Å². The molecule has 7 heteroatoms. The van der Waals surface area contributed by atoms with Crippen molar-refractivity contribution in [2.75, 3.05) is 17.7 Å². The summed E-state index contributed by atoms with van der Waals surface area (Å²) in [6.45, 7) is 1.95. The second-order valence-electron chi connectivity index (χ2n) is 6.04. The first-order chi connectivity index (χ1) is 13.5. The third kappa shape index (κ3) is 4.47. The Morgan fingerprint density at radius 2 is 1.82 bits per heavy atom. The lowest BCUT2D eigenvalue weighted by atomic mass is 10.1. The Bertz CT molecular complexity index is 1040. The van der Waals surface area contributed by atoms with Gasteiger partial charge in [0.15, 0.2) is 0 Å². The zero-order valence-corrected chi connectivity index (χ0v) is 16.1. The molecule has 2 N–H and O–H groups in total. The number of benzene rings is 2. The van der Waals surface area contributed by atoms with Crippen molar-refractivity contribution in [1.29, 1.82) is 0 Å². The lowest BCUT2D eigenvalue weighted by Gasteiger charge is -2.12. The van der Waals surface area contributed by atoms with Gasteiger partial charge in [-0.2, -0.15) is 0 Å². The van der Waals surface area contributed by atoms with E-state index in [0.717, 1.165) is 11.3 Å². The summed E-state index contributed by atoms with van der Waals surface area (Å²) in [5, 5.41) is 6.54. The fourth-order valence-corrected chi connectivity index (χ4v) is 2.76. The minimum absolute atomic E-state index is 0.273. The molecule has 0 fully saturated rings. The first-order valence-electron chi connectivity index (χ1n) is 8.45. The van der Waals surface area contributed by atoms with Crippen molar-refractivity contribution in [3.8, 4) is 0 Å². The van der Waals surface area contributed by atoms with Crippen LogP contribution in [0.15, 0.2) is 60.9 Å². The second-order valence-corrected chi connectivity index (χ2v) is 6.47. The van der Waals surface area contributed by atoms with Gasteiger partial charge in [-0.25, -0.2) is 4.79 Å². The van der Waals surface area contributed by atoms with Gasteiger partial charge in [0.05, 0.1) is 35.8 Å². The van der Waals surface area contributed by atoms with Crippen LogP contribution < -0.4 is 10.6 Å². The van der Waals surface area contributed by atoms with Crippen molar-refractivity contribution in [3.63, 3.8) is 0 Å². The Labute approximate surface area is 167 Å². The Hall–Kier alpha value is -3.38. The number of methoxy groups -OCH3 is 1. The van der Waals surface area contributed by atoms with E-state index < -0.39 is 11.9 Å². The average Bonchev–Trinajstić information content (AvgIpc) is 2.71. The third-order valence-corrected chi connectivity index (χ3v) is 4.29. The molecule has 1 aromatic heterocycles. The maximum Gasteiger partial charge on any atom is 0.339 e. The lowest BCUT2D eigenvalue weighted by molar-refractivity contribution is 0.0602. The van der Waals surface area contributed by atoms with Gasteiger partial charge in [-0.3, -0.25) is 9.78 Å². The minimum Gasteiger partial charge on any atom is -0.465 e. The van der Waals surface area contributed by atoms with Crippen LogP contribution >= 0.6 is 11.6 Å².